The highest BCUT2D eigenvalue weighted by Gasteiger charge is 2.42. The van der Waals surface area contributed by atoms with Crippen molar-refractivity contribution in [2.24, 2.45) is 0 Å². The van der Waals surface area contributed by atoms with Gasteiger partial charge in [0, 0.05) is 13.1 Å². The van der Waals surface area contributed by atoms with E-state index in [1.165, 1.54) is 4.90 Å². The number of nitrogens with zero attached hydrogens (tertiary/aromatic N) is 2. The van der Waals surface area contributed by atoms with E-state index in [0.717, 1.165) is 37.9 Å². The lowest BCUT2D eigenvalue weighted by atomic mass is 10.0. The molecule has 0 atom stereocenters. The van der Waals surface area contributed by atoms with E-state index in [-0.39, 0.29) is 17.9 Å². The zero-order chi connectivity index (χ0) is 22.0. The number of rotatable bonds is 6. The van der Waals surface area contributed by atoms with Crippen molar-refractivity contribution in [2.45, 2.75) is 39.2 Å². The van der Waals surface area contributed by atoms with Gasteiger partial charge in [-0.05, 0) is 75.1 Å². The van der Waals surface area contributed by atoms with Crippen LogP contribution in [0.4, 0.5) is 5.69 Å². The first kappa shape index (κ1) is 21.0. The molecule has 0 spiro atoms. The molecular weight excluding hydrogens is 392 g/mol. The SMILES string of the molecule is COc1ccc(C2=C(N3CCCCC3)C(=O)N(c3ccc(OC(C)C)cc3)C2=O)cc1. The Kier molecular flexibility index (Phi) is 5.98. The molecule has 0 aromatic heterocycles. The highest BCUT2D eigenvalue weighted by molar-refractivity contribution is 6.45. The molecular formula is C25H28N2O4. The fourth-order valence-electron chi connectivity index (χ4n) is 4.13. The van der Waals surface area contributed by atoms with Crippen LogP contribution in [0.25, 0.3) is 5.57 Å². The Hall–Kier alpha value is -3.28. The Labute approximate surface area is 183 Å². The van der Waals surface area contributed by atoms with Crippen molar-refractivity contribution in [2.75, 3.05) is 25.1 Å². The van der Waals surface area contributed by atoms with Crippen LogP contribution in [0.2, 0.25) is 0 Å². The summed E-state index contributed by atoms with van der Waals surface area (Å²) in [6.07, 6.45) is 3.23. The number of likely N-dealkylation sites (tertiary alicyclic amines) is 1. The summed E-state index contributed by atoms with van der Waals surface area (Å²) >= 11 is 0. The van der Waals surface area contributed by atoms with Crippen LogP contribution in [0.3, 0.4) is 0 Å². The molecule has 0 unspecified atom stereocenters. The summed E-state index contributed by atoms with van der Waals surface area (Å²) in [4.78, 5) is 30.4. The van der Waals surface area contributed by atoms with Gasteiger partial charge in [-0.3, -0.25) is 9.59 Å². The molecule has 2 aliphatic rings. The van der Waals surface area contributed by atoms with Gasteiger partial charge in [0.1, 0.15) is 17.2 Å². The molecule has 1 saturated heterocycles. The molecule has 2 aromatic carbocycles. The van der Waals surface area contributed by atoms with Gasteiger partial charge in [-0.1, -0.05) is 12.1 Å². The summed E-state index contributed by atoms with van der Waals surface area (Å²) in [7, 11) is 1.60. The van der Waals surface area contributed by atoms with Gasteiger partial charge < -0.3 is 14.4 Å². The molecule has 0 aliphatic carbocycles. The van der Waals surface area contributed by atoms with Crippen LogP contribution in [0.5, 0.6) is 11.5 Å². The summed E-state index contributed by atoms with van der Waals surface area (Å²) < 4.78 is 10.9. The molecule has 162 valence electrons. The Balaban J connectivity index is 1.72. The van der Waals surface area contributed by atoms with Crippen molar-refractivity contribution in [1.82, 2.24) is 4.90 Å². The maximum absolute atomic E-state index is 13.5. The first-order valence-electron chi connectivity index (χ1n) is 10.8. The Morgan fingerprint density at radius 1 is 0.806 bits per heavy atom. The minimum atomic E-state index is -0.298. The number of anilines is 1. The first-order chi connectivity index (χ1) is 15.0. The molecule has 2 aromatic rings. The fraction of sp³-hybridized carbons (Fsp3) is 0.360. The predicted molar refractivity (Wildman–Crippen MR) is 120 cm³/mol. The number of imide groups is 1. The second kappa shape index (κ2) is 8.84. The zero-order valence-electron chi connectivity index (χ0n) is 18.3. The van der Waals surface area contributed by atoms with Gasteiger partial charge in [0.15, 0.2) is 0 Å². The molecule has 0 radical (unpaired) electrons. The van der Waals surface area contributed by atoms with Crippen LogP contribution in [-0.4, -0.2) is 43.0 Å². The third kappa shape index (κ3) is 4.15. The molecule has 0 N–H and O–H groups in total. The smallest absolute Gasteiger partial charge is 0.282 e. The van der Waals surface area contributed by atoms with Crippen molar-refractivity contribution < 1.29 is 19.1 Å². The molecule has 31 heavy (non-hydrogen) atoms. The van der Waals surface area contributed by atoms with E-state index in [4.69, 9.17) is 9.47 Å². The van der Waals surface area contributed by atoms with Crippen LogP contribution >= 0.6 is 0 Å². The first-order valence-corrected chi connectivity index (χ1v) is 10.8. The topological polar surface area (TPSA) is 59.1 Å². The number of benzene rings is 2. The van der Waals surface area contributed by atoms with E-state index in [2.05, 4.69) is 4.90 Å². The minimum Gasteiger partial charge on any atom is -0.497 e. The lowest BCUT2D eigenvalue weighted by Crippen LogP contribution is -2.37. The van der Waals surface area contributed by atoms with Gasteiger partial charge >= 0.3 is 0 Å². The molecule has 1 fully saturated rings. The third-order valence-electron chi connectivity index (χ3n) is 5.58. The number of carbonyl (C=O) groups is 2. The van der Waals surface area contributed by atoms with E-state index in [9.17, 15) is 9.59 Å². The van der Waals surface area contributed by atoms with Crippen molar-refractivity contribution in [3.05, 3.63) is 59.8 Å². The van der Waals surface area contributed by atoms with E-state index in [1.807, 2.05) is 38.1 Å². The summed E-state index contributed by atoms with van der Waals surface area (Å²) in [5, 5.41) is 0. The van der Waals surface area contributed by atoms with Gasteiger partial charge in [-0.15, -0.1) is 0 Å². The monoisotopic (exact) mass is 420 g/mol. The highest BCUT2D eigenvalue weighted by Crippen LogP contribution is 2.36. The highest BCUT2D eigenvalue weighted by atomic mass is 16.5. The van der Waals surface area contributed by atoms with Crippen LogP contribution in [0, 0.1) is 0 Å². The summed E-state index contributed by atoms with van der Waals surface area (Å²) in [6, 6.07) is 14.4. The van der Waals surface area contributed by atoms with Crippen LogP contribution in [0.1, 0.15) is 38.7 Å². The van der Waals surface area contributed by atoms with E-state index in [1.54, 1.807) is 31.4 Å². The lowest BCUT2D eigenvalue weighted by molar-refractivity contribution is -0.120. The number of carbonyl (C=O) groups excluding carboxylic acids is 2. The average Bonchev–Trinajstić information content (AvgIpc) is 3.04. The maximum atomic E-state index is 13.5. The second-order valence-corrected chi connectivity index (χ2v) is 8.11. The van der Waals surface area contributed by atoms with Crippen LogP contribution in [-0.2, 0) is 9.59 Å². The summed E-state index contributed by atoms with van der Waals surface area (Å²) in [5.41, 5.74) is 2.22. The third-order valence-corrected chi connectivity index (χ3v) is 5.58. The number of ether oxygens (including phenoxy) is 2. The normalized spacial score (nSPS) is 17.0. The lowest BCUT2D eigenvalue weighted by Gasteiger charge is -2.29. The number of amides is 2. The summed E-state index contributed by atoms with van der Waals surface area (Å²) in [5.74, 6) is 0.846. The van der Waals surface area contributed by atoms with Gasteiger partial charge in [0.05, 0.1) is 24.5 Å². The van der Waals surface area contributed by atoms with Crippen molar-refractivity contribution in [3.63, 3.8) is 0 Å². The standard InChI is InChI=1S/C25H28N2O4/c1-17(2)31-21-13-9-19(10-14-21)27-24(28)22(18-7-11-20(30-3)12-8-18)23(25(27)29)26-15-5-4-6-16-26/h7-14,17H,4-6,15-16H2,1-3H3. The quantitative estimate of drug-likeness (QED) is 0.654. The van der Waals surface area contributed by atoms with Gasteiger partial charge in [-0.2, -0.15) is 0 Å². The minimum absolute atomic E-state index is 0.0509. The molecule has 0 bridgehead atoms. The number of methoxy groups -OCH3 is 1. The summed E-state index contributed by atoms with van der Waals surface area (Å²) in [6.45, 7) is 5.47. The molecule has 2 amide bonds. The predicted octanol–water partition coefficient (Wildman–Crippen LogP) is 4.25. The van der Waals surface area contributed by atoms with Gasteiger partial charge in [0.2, 0.25) is 0 Å². The molecule has 2 aliphatic heterocycles. The number of hydrogen-bond acceptors (Lipinski definition) is 5. The Morgan fingerprint density at radius 2 is 1.42 bits per heavy atom. The number of piperidine rings is 1. The van der Waals surface area contributed by atoms with Gasteiger partial charge in [-0.25, -0.2) is 4.90 Å². The molecule has 4 rings (SSSR count). The van der Waals surface area contributed by atoms with Gasteiger partial charge in [0.25, 0.3) is 11.8 Å². The molecule has 0 saturated carbocycles. The second-order valence-electron chi connectivity index (χ2n) is 8.11. The molecule has 6 heteroatoms. The van der Waals surface area contributed by atoms with Crippen molar-refractivity contribution >= 4 is 23.1 Å². The van der Waals surface area contributed by atoms with Crippen LogP contribution < -0.4 is 14.4 Å². The van der Waals surface area contributed by atoms with Crippen molar-refractivity contribution in [1.29, 1.82) is 0 Å². The van der Waals surface area contributed by atoms with Crippen molar-refractivity contribution in [3.8, 4) is 11.5 Å². The molecule has 6 nitrogen and oxygen atoms in total. The van der Waals surface area contributed by atoms with E-state index in [0.29, 0.717) is 28.5 Å². The Morgan fingerprint density at radius 3 is 2.00 bits per heavy atom. The maximum Gasteiger partial charge on any atom is 0.282 e. The fourth-order valence-corrected chi connectivity index (χ4v) is 4.13. The van der Waals surface area contributed by atoms with Crippen LogP contribution in [0.15, 0.2) is 54.2 Å². The molecule has 2 heterocycles. The van der Waals surface area contributed by atoms with E-state index >= 15 is 0 Å². The zero-order valence-corrected chi connectivity index (χ0v) is 18.3. The Bertz CT molecular complexity index is 987. The largest absolute Gasteiger partial charge is 0.497 e. The number of hydrogen-bond donors (Lipinski definition) is 0. The average molecular weight is 421 g/mol. The van der Waals surface area contributed by atoms with E-state index < -0.39 is 0 Å².